The lowest BCUT2D eigenvalue weighted by Gasteiger charge is -2.47. The van der Waals surface area contributed by atoms with Gasteiger partial charge in [0.05, 0.1) is 13.4 Å². The van der Waals surface area contributed by atoms with Crippen molar-refractivity contribution < 1.29 is 14.3 Å². The molecule has 2 aliphatic heterocycles. The summed E-state index contributed by atoms with van der Waals surface area (Å²) in [5.41, 5.74) is 1.53. The van der Waals surface area contributed by atoms with E-state index >= 15 is 0 Å². The van der Waals surface area contributed by atoms with Crippen LogP contribution in [0, 0.1) is 5.92 Å². The van der Waals surface area contributed by atoms with Crippen molar-refractivity contribution >= 4 is 11.8 Å². The number of fused-ring (bicyclic) bond motifs is 1. The van der Waals surface area contributed by atoms with E-state index in [4.69, 9.17) is 4.74 Å². The van der Waals surface area contributed by atoms with Gasteiger partial charge in [0.15, 0.2) is 0 Å². The number of aromatic nitrogens is 3. The van der Waals surface area contributed by atoms with Gasteiger partial charge in [-0.25, -0.2) is 9.97 Å². The molecule has 0 aliphatic carbocycles. The number of carbonyl (C=O) groups excluding carboxylic acids is 2. The van der Waals surface area contributed by atoms with Gasteiger partial charge in [0, 0.05) is 56.6 Å². The molecule has 2 amide bonds. The van der Waals surface area contributed by atoms with Crippen LogP contribution in [0.3, 0.4) is 0 Å². The molecule has 28 heavy (non-hydrogen) atoms. The monoisotopic (exact) mass is 383 g/mol. The second-order valence-electron chi connectivity index (χ2n) is 7.38. The minimum absolute atomic E-state index is 0.0516. The van der Waals surface area contributed by atoms with E-state index in [9.17, 15) is 9.59 Å². The van der Waals surface area contributed by atoms with Gasteiger partial charge in [-0.05, 0) is 30.9 Å². The number of methoxy groups -OCH3 is 1. The van der Waals surface area contributed by atoms with Crippen LogP contribution in [0.1, 0.15) is 35.3 Å². The third kappa shape index (κ3) is 3.58. The summed E-state index contributed by atoms with van der Waals surface area (Å²) in [7, 11) is 1.52. The number of nitrogens with zero attached hydrogens (tertiary/aromatic N) is 4. The zero-order valence-corrected chi connectivity index (χ0v) is 16.0. The third-order valence-electron chi connectivity index (χ3n) is 5.80. The third-order valence-corrected chi connectivity index (χ3v) is 5.80. The number of hydrogen-bond donors (Lipinski definition) is 1. The van der Waals surface area contributed by atoms with E-state index in [1.807, 2.05) is 9.80 Å². The molecule has 4 rings (SSSR count). The van der Waals surface area contributed by atoms with Gasteiger partial charge in [-0.15, -0.1) is 0 Å². The van der Waals surface area contributed by atoms with E-state index < -0.39 is 0 Å². The maximum absolute atomic E-state index is 13.0. The SMILES string of the molecule is COc1ncccc1C(=O)N1CC[C@H]2[C@H](CCC(=O)N2CCc2cnc[nH]2)C1. The first-order valence-electron chi connectivity index (χ1n) is 9.72. The van der Waals surface area contributed by atoms with Gasteiger partial charge in [-0.1, -0.05) is 0 Å². The summed E-state index contributed by atoms with van der Waals surface area (Å²) in [4.78, 5) is 40.7. The van der Waals surface area contributed by atoms with Crippen LogP contribution in [0.15, 0.2) is 30.9 Å². The van der Waals surface area contributed by atoms with E-state index in [1.165, 1.54) is 7.11 Å². The maximum atomic E-state index is 13.0. The molecular weight excluding hydrogens is 358 g/mol. The molecule has 8 nitrogen and oxygen atoms in total. The Hall–Kier alpha value is -2.90. The second-order valence-corrected chi connectivity index (χ2v) is 7.38. The number of piperidine rings is 2. The fraction of sp³-hybridized carbons (Fsp3) is 0.500. The molecule has 8 heteroatoms. The van der Waals surface area contributed by atoms with Crippen LogP contribution in [-0.2, 0) is 11.2 Å². The number of pyridine rings is 1. The summed E-state index contributed by atoms with van der Waals surface area (Å²) < 4.78 is 5.24. The fourth-order valence-corrected chi connectivity index (χ4v) is 4.38. The normalized spacial score (nSPS) is 22.1. The number of imidazole rings is 1. The number of H-pyrrole nitrogens is 1. The minimum atomic E-state index is -0.0516. The molecule has 2 saturated heterocycles. The Morgan fingerprint density at radius 1 is 1.39 bits per heavy atom. The van der Waals surface area contributed by atoms with Crippen LogP contribution < -0.4 is 4.74 Å². The van der Waals surface area contributed by atoms with Crippen LogP contribution in [0.25, 0.3) is 0 Å². The van der Waals surface area contributed by atoms with Crippen LogP contribution in [0.2, 0.25) is 0 Å². The Morgan fingerprint density at radius 3 is 3.07 bits per heavy atom. The summed E-state index contributed by atoms with van der Waals surface area (Å²) in [6, 6.07) is 3.70. The van der Waals surface area contributed by atoms with E-state index in [0.29, 0.717) is 43.4 Å². The number of likely N-dealkylation sites (tertiary alicyclic amines) is 2. The smallest absolute Gasteiger partial charge is 0.259 e. The molecule has 2 aromatic heterocycles. The number of rotatable bonds is 5. The predicted molar refractivity (Wildman–Crippen MR) is 102 cm³/mol. The van der Waals surface area contributed by atoms with Crippen molar-refractivity contribution in [3.8, 4) is 5.88 Å². The van der Waals surface area contributed by atoms with E-state index in [0.717, 1.165) is 25.0 Å². The number of aromatic amines is 1. The molecule has 2 atom stereocenters. The molecule has 2 aromatic rings. The highest BCUT2D eigenvalue weighted by molar-refractivity contribution is 5.96. The minimum Gasteiger partial charge on any atom is -0.480 e. The number of nitrogens with one attached hydrogen (secondary N) is 1. The molecule has 148 valence electrons. The Labute approximate surface area is 163 Å². The molecular formula is C20H25N5O3. The number of carbonyl (C=O) groups is 2. The second kappa shape index (κ2) is 8.00. The lowest BCUT2D eigenvalue weighted by atomic mass is 9.83. The molecule has 0 bridgehead atoms. The maximum Gasteiger partial charge on any atom is 0.259 e. The first-order valence-corrected chi connectivity index (χ1v) is 9.72. The summed E-state index contributed by atoms with van der Waals surface area (Å²) in [6.45, 7) is 1.98. The zero-order chi connectivity index (χ0) is 19.5. The molecule has 0 radical (unpaired) electrons. The van der Waals surface area contributed by atoms with E-state index in [1.54, 1.807) is 30.9 Å². The fourth-order valence-electron chi connectivity index (χ4n) is 4.38. The van der Waals surface area contributed by atoms with E-state index in [2.05, 4.69) is 15.0 Å². The lowest BCUT2D eigenvalue weighted by molar-refractivity contribution is -0.140. The van der Waals surface area contributed by atoms with Crippen molar-refractivity contribution in [3.63, 3.8) is 0 Å². The molecule has 2 aliphatic rings. The highest BCUT2D eigenvalue weighted by Gasteiger charge is 2.40. The average Bonchev–Trinajstić information content (AvgIpc) is 3.25. The first-order chi connectivity index (χ1) is 13.7. The Balaban J connectivity index is 1.44. The van der Waals surface area contributed by atoms with Crippen molar-refractivity contribution in [3.05, 3.63) is 42.1 Å². The number of ether oxygens (including phenoxy) is 1. The Kier molecular flexibility index (Phi) is 5.27. The van der Waals surface area contributed by atoms with Gasteiger partial charge < -0.3 is 19.5 Å². The molecule has 0 aromatic carbocycles. The van der Waals surface area contributed by atoms with Gasteiger partial charge in [0.25, 0.3) is 5.91 Å². The summed E-state index contributed by atoms with van der Waals surface area (Å²) in [5, 5.41) is 0. The van der Waals surface area contributed by atoms with Crippen molar-refractivity contribution in [2.45, 2.75) is 31.7 Å². The molecule has 4 heterocycles. The molecule has 0 spiro atoms. The highest BCUT2D eigenvalue weighted by Crippen LogP contribution is 2.32. The van der Waals surface area contributed by atoms with Gasteiger partial charge in [0.2, 0.25) is 11.8 Å². The quantitative estimate of drug-likeness (QED) is 0.845. The standard InChI is InChI=1S/C20H25N5O3/c1-28-19-16(3-2-8-22-19)20(27)24-9-7-17-14(12-24)4-5-18(26)25(17)10-6-15-11-21-13-23-15/h2-3,8,11,13-14,17H,4-7,9-10,12H2,1H3,(H,21,23)/t14-,17+/m1/s1. The molecule has 0 saturated carbocycles. The van der Waals surface area contributed by atoms with Crippen molar-refractivity contribution in [2.24, 2.45) is 5.92 Å². The molecule has 2 fully saturated rings. The van der Waals surface area contributed by atoms with Crippen LogP contribution in [0.5, 0.6) is 5.88 Å². The van der Waals surface area contributed by atoms with Crippen LogP contribution in [-0.4, -0.2) is 69.4 Å². The largest absolute Gasteiger partial charge is 0.480 e. The highest BCUT2D eigenvalue weighted by atomic mass is 16.5. The number of amides is 2. The van der Waals surface area contributed by atoms with Crippen LogP contribution >= 0.6 is 0 Å². The van der Waals surface area contributed by atoms with Crippen LogP contribution in [0.4, 0.5) is 0 Å². The Morgan fingerprint density at radius 2 is 2.29 bits per heavy atom. The van der Waals surface area contributed by atoms with Gasteiger partial charge in [-0.3, -0.25) is 9.59 Å². The van der Waals surface area contributed by atoms with Gasteiger partial charge in [0.1, 0.15) is 5.56 Å². The lowest BCUT2D eigenvalue weighted by Crippen LogP contribution is -2.57. The van der Waals surface area contributed by atoms with Gasteiger partial charge >= 0.3 is 0 Å². The number of hydrogen-bond acceptors (Lipinski definition) is 5. The van der Waals surface area contributed by atoms with Crippen molar-refractivity contribution in [1.29, 1.82) is 0 Å². The average molecular weight is 383 g/mol. The molecule has 0 unspecified atom stereocenters. The topological polar surface area (TPSA) is 91.4 Å². The summed E-state index contributed by atoms with van der Waals surface area (Å²) >= 11 is 0. The van der Waals surface area contributed by atoms with Crippen molar-refractivity contribution in [1.82, 2.24) is 24.8 Å². The Bertz CT molecular complexity index is 838. The predicted octanol–water partition coefficient (Wildman–Crippen LogP) is 1.51. The summed E-state index contributed by atoms with van der Waals surface area (Å²) in [5.74, 6) is 0.827. The van der Waals surface area contributed by atoms with Crippen molar-refractivity contribution in [2.75, 3.05) is 26.7 Å². The van der Waals surface area contributed by atoms with E-state index in [-0.39, 0.29) is 17.9 Å². The first kappa shape index (κ1) is 18.5. The molecule has 1 N–H and O–H groups in total. The summed E-state index contributed by atoms with van der Waals surface area (Å²) in [6.07, 6.45) is 8.02. The van der Waals surface area contributed by atoms with Gasteiger partial charge in [-0.2, -0.15) is 0 Å². The zero-order valence-electron chi connectivity index (χ0n) is 16.0.